The summed E-state index contributed by atoms with van der Waals surface area (Å²) in [5, 5.41) is 3.54. The molecule has 0 N–H and O–H groups in total. The topological polar surface area (TPSA) is 13.1 Å². The predicted molar refractivity (Wildman–Crippen MR) is 218 cm³/mol. The van der Waals surface area contributed by atoms with Crippen LogP contribution in [0, 0.1) is 0 Å². The molecule has 0 amide bonds. The Hall–Kier alpha value is -6.70. The second kappa shape index (κ2) is 10.9. The Balaban J connectivity index is 1.29. The number of benzene rings is 10. The molecule has 1 aromatic heterocycles. The van der Waals surface area contributed by atoms with Crippen molar-refractivity contribution in [3.05, 3.63) is 182 Å². The predicted octanol–water partition coefficient (Wildman–Crippen LogP) is 14.4. The summed E-state index contributed by atoms with van der Waals surface area (Å²) in [5.41, 5.74) is 2.50. The Bertz CT molecular complexity index is 3980. The smallest absolute Gasteiger partial charge is 0.136 e. The van der Waals surface area contributed by atoms with Crippen LogP contribution in [-0.4, -0.2) is 0 Å². The Morgan fingerprint density at radius 1 is 0.373 bits per heavy atom. The zero-order valence-corrected chi connectivity index (χ0v) is 26.6. The molecule has 11 rings (SSSR count). The third-order valence-corrected chi connectivity index (χ3v) is 9.74. The maximum atomic E-state index is 9.52. The highest BCUT2D eigenvalue weighted by molar-refractivity contribution is 6.24. The van der Waals surface area contributed by atoms with E-state index in [1.807, 2.05) is 72.8 Å². The first kappa shape index (κ1) is 17.3. The molecule has 0 aliphatic rings. The average Bonchev–Trinajstić information content (AvgIpc) is 3.71. The molecule has 0 bridgehead atoms. The van der Waals surface area contributed by atoms with E-state index >= 15 is 0 Å². The number of rotatable bonds is 3. The molecule has 10 aromatic carbocycles. The monoisotopic (exact) mass is 661 g/mol. The van der Waals surface area contributed by atoms with Gasteiger partial charge in [0.05, 0.1) is 20.6 Å². The van der Waals surface area contributed by atoms with Crippen LogP contribution < -0.4 is 0 Å². The zero-order valence-electron chi connectivity index (χ0n) is 41.6. The highest BCUT2D eigenvalue weighted by Gasteiger charge is 2.19. The van der Waals surface area contributed by atoms with Gasteiger partial charge in [0.15, 0.2) is 0 Å². The van der Waals surface area contributed by atoms with Crippen molar-refractivity contribution in [2.45, 2.75) is 0 Å². The van der Waals surface area contributed by atoms with Crippen molar-refractivity contribution in [3.8, 4) is 33.4 Å². The summed E-state index contributed by atoms with van der Waals surface area (Å²) in [5.74, 6) is 0. The van der Waals surface area contributed by atoms with Crippen LogP contribution in [0.2, 0.25) is 0 Å². The fourth-order valence-corrected chi connectivity index (χ4v) is 7.54. The highest BCUT2D eigenvalue weighted by Crippen LogP contribution is 2.47. The molecule has 236 valence electrons. The molecule has 0 atom stereocenters. The lowest BCUT2D eigenvalue weighted by Crippen LogP contribution is -1.92. The van der Waals surface area contributed by atoms with Crippen LogP contribution in [0.3, 0.4) is 0 Å². The Morgan fingerprint density at radius 2 is 1.02 bits per heavy atom. The van der Waals surface area contributed by atoms with Crippen molar-refractivity contribution in [1.82, 2.24) is 0 Å². The van der Waals surface area contributed by atoms with Gasteiger partial charge in [-0.25, -0.2) is 0 Å². The molecule has 1 heteroatoms. The number of hydrogen-bond donors (Lipinski definition) is 0. The van der Waals surface area contributed by atoms with Gasteiger partial charge in [-0.15, -0.1) is 0 Å². The third kappa shape index (κ3) is 4.22. The van der Waals surface area contributed by atoms with E-state index < -0.39 is 107 Å². The van der Waals surface area contributed by atoms with Gasteiger partial charge in [0.25, 0.3) is 0 Å². The van der Waals surface area contributed by atoms with Gasteiger partial charge in [-0.1, -0.05) is 157 Å². The van der Waals surface area contributed by atoms with Crippen LogP contribution in [0.4, 0.5) is 0 Å². The minimum Gasteiger partial charge on any atom is -0.456 e. The second-order valence-corrected chi connectivity index (χ2v) is 12.4. The van der Waals surface area contributed by atoms with E-state index in [4.69, 9.17) is 16.8 Å². The minimum absolute atomic E-state index is 0.0389. The van der Waals surface area contributed by atoms with E-state index in [-0.39, 0.29) is 32.7 Å². The second-order valence-electron chi connectivity index (χ2n) is 12.4. The molecule has 0 spiro atoms. The van der Waals surface area contributed by atoms with E-state index in [0.29, 0.717) is 21.9 Å². The van der Waals surface area contributed by atoms with E-state index in [9.17, 15) is 8.22 Å². The third-order valence-electron chi connectivity index (χ3n) is 9.74. The lowest BCUT2D eigenvalue weighted by molar-refractivity contribution is 0.669. The van der Waals surface area contributed by atoms with Gasteiger partial charge in [0, 0.05) is 10.8 Å². The molecule has 0 aliphatic heterocycles. The number of hydrogen-bond acceptors (Lipinski definition) is 1. The van der Waals surface area contributed by atoms with Crippen molar-refractivity contribution >= 4 is 75.8 Å². The summed E-state index contributed by atoms with van der Waals surface area (Å²) in [6.07, 6.45) is 0. The zero-order chi connectivity index (χ0) is 46.5. The molecule has 1 heterocycles. The maximum absolute atomic E-state index is 9.52. The molecule has 0 fully saturated rings. The first-order valence-corrected chi connectivity index (χ1v) is 16.4. The number of furan rings is 1. The van der Waals surface area contributed by atoms with E-state index in [1.54, 1.807) is 12.1 Å². The van der Waals surface area contributed by atoms with Crippen LogP contribution in [0.15, 0.2) is 186 Å². The molecule has 0 saturated carbocycles. The molecule has 1 nitrogen and oxygen atoms in total. The van der Waals surface area contributed by atoms with Gasteiger partial charge in [0.1, 0.15) is 11.2 Å². The van der Waals surface area contributed by atoms with Crippen LogP contribution in [0.1, 0.15) is 20.6 Å². The lowest BCUT2D eigenvalue weighted by Gasteiger charge is -2.19. The minimum atomic E-state index is -0.739. The SMILES string of the molecule is [2H]c1c([2H])c([2H])c2c([2H])c(-c3c4c([2H])c([2H])c([2H])c([2H])c4c(-c4cccc5c(-c6ccc7c(c6)oc6ccc8ccccc8c67)cccc45)c4c([2H])c([2H])c([2H])c([2H])c34)c([2H])c([2H])c2c1[2H]. The molecule has 51 heavy (non-hydrogen) atoms. The summed E-state index contributed by atoms with van der Waals surface area (Å²) in [7, 11) is 0. The van der Waals surface area contributed by atoms with Crippen molar-refractivity contribution in [2.75, 3.05) is 0 Å². The summed E-state index contributed by atoms with van der Waals surface area (Å²) in [4.78, 5) is 0. The first-order valence-electron chi connectivity index (χ1n) is 23.9. The van der Waals surface area contributed by atoms with Crippen LogP contribution in [0.5, 0.6) is 0 Å². The van der Waals surface area contributed by atoms with E-state index in [1.165, 1.54) is 0 Å². The number of fused-ring (bicyclic) bond motifs is 9. The van der Waals surface area contributed by atoms with Gasteiger partial charge in [0.2, 0.25) is 0 Å². The first-order chi connectivity index (χ1) is 31.5. The summed E-state index contributed by atoms with van der Waals surface area (Å²) >= 11 is 0. The molecule has 0 aliphatic carbocycles. The normalized spacial score (nSPS) is 16.0. The standard InChI is InChI=1S/C50H30O/c1-2-13-33-29-35(24-23-31(33)11-1)48-41-15-5-7-17-43(41)49(44-18-8-6-16-42(44)48)40-22-10-20-38-36(19-9-21-39(38)40)34-25-27-45-47(30-34)51-46-28-26-32-12-3-4-14-37(32)50(45)46/h1-30H/i1D,2D,5D,6D,7D,8D,11D,13D,15D,16D,17D,18D,23D,24D,29D. The maximum Gasteiger partial charge on any atom is 0.136 e. The van der Waals surface area contributed by atoms with E-state index in [0.717, 1.165) is 38.3 Å². The highest BCUT2D eigenvalue weighted by atomic mass is 16.3. The van der Waals surface area contributed by atoms with Gasteiger partial charge in [-0.05, 0) is 111 Å². The van der Waals surface area contributed by atoms with Crippen LogP contribution >= 0.6 is 0 Å². The largest absolute Gasteiger partial charge is 0.456 e. The van der Waals surface area contributed by atoms with E-state index in [2.05, 4.69) is 6.07 Å². The molecular weight excluding hydrogens is 617 g/mol. The molecular formula is C50H30O. The van der Waals surface area contributed by atoms with Gasteiger partial charge in [-0.3, -0.25) is 0 Å². The molecule has 0 radical (unpaired) electrons. The van der Waals surface area contributed by atoms with Crippen LogP contribution in [0.25, 0.3) is 109 Å². The van der Waals surface area contributed by atoms with Gasteiger partial charge < -0.3 is 4.42 Å². The fourth-order valence-electron chi connectivity index (χ4n) is 7.54. The molecule has 0 saturated heterocycles. The Kier molecular flexibility index (Phi) is 3.70. The van der Waals surface area contributed by atoms with Gasteiger partial charge >= 0.3 is 0 Å². The average molecular weight is 662 g/mol. The Morgan fingerprint density at radius 3 is 1.80 bits per heavy atom. The Labute approximate surface area is 315 Å². The summed E-state index contributed by atoms with van der Waals surface area (Å²) in [6.45, 7) is 0. The van der Waals surface area contributed by atoms with Crippen molar-refractivity contribution in [3.63, 3.8) is 0 Å². The molecule has 0 unspecified atom stereocenters. The lowest BCUT2D eigenvalue weighted by atomic mass is 9.84. The molecule has 11 aromatic rings. The van der Waals surface area contributed by atoms with Crippen molar-refractivity contribution in [1.29, 1.82) is 0 Å². The quantitative estimate of drug-likeness (QED) is 0.172. The summed E-state index contributed by atoms with van der Waals surface area (Å²) < 4.78 is 142. The van der Waals surface area contributed by atoms with Crippen molar-refractivity contribution < 1.29 is 25.0 Å². The van der Waals surface area contributed by atoms with Gasteiger partial charge in [-0.2, -0.15) is 0 Å². The fraction of sp³-hybridized carbons (Fsp3) is 0. The van der Waals surface area contributed by atoms with Crippen LogP contribution in [-0.2, 0) is 0 Å². The van der Waals surface area contributed by atoms with Crippen molar-refractivity contribution in [2.24, 2.45) is 0 Å². The summed E-state index contributed by atoms with van der Waals surface area (Å²) in [6, 6.07) is 18.9.